The molecule has 0 aliphatic carbocycles. The van der Waals surface area contributed by atoms with Crippen molar-refractivity contribution in [1.29, 1.82) is 5.26 Å². The summed E-state index contributed by atoms with van der Waals surface area (Å²) in [6.07, 6.45) is 3.25. The summed E-state index contributed by atoms with van der Waals surface area (Å²) in [5, 5.41) is 8.74. The molecule has 3 nitrogen and oxygen atoms in total. The van der Waals surface area contributed by atoms with Gasteiger partial charge in [0.25, 0.3) is 0 Å². The van der Waals surface area contributed by atoms with Gasteiger partial charge >= 0.3 is 0 Å². The maximum atomic E-state index is 12.1. The smallest absolute Gasteiger partial charge is 0.185 e. The predicted molar refractivity (Wildman–Crippen MR) is 82.1 cm³/mol. The fourth-order valence-electron chi connectivity index (χ4n) is 1.88. The minimum atomic E-state index is -0.106. The molecule has 0 fully saturated rings. The first-order valence-electron chi connectivity index (χ1n) is 6.69. The van der Waals surface area contributed by atoms with E-state index >= 15 is 0 Å². The van der Waals surface area contributed by atoms with Crippen LogP contribution in [0.2, 0.25) is 0 Å². The predicted octanol–water partition coefficient (Wildman–Crippen LogP) is 3.85. The summed E-state index contributed by atoms with van der Waals surface area (Å²) in [6, 6.07) is 16.2. The Balaban J connectivity index is 2.17. The van der Waals surface area contributed by atoms with Crippen molar-refractivity contribution in [1.82, 2.24) is 0 Å². The Morgan fingerprint density at radius 3 is 2.57 bits per heavy atom. The SMILES string of the molecule is CCOc1ccccc1C=CC(=O)c1ccc(C#N)cc1. The van der Waals surface area contributed by atoms with Crippen LogP contribution >= 0.6 is 0 Å². The van der Waals surface area contributed by atoms with Gasteiger partial charge in [-0.2, -0.15) is 5.26 Å². The van der Waals surface area contributed by atoms with Crippen LogP contribution in [0, 0.1) is 11.3 Å². The molecule has 0 spiro atoms. The van der Waals surface area contributed by atoms with Crippen molar-refractivity contribution in [2.24, 2.45) is 0 Å². The Kier molecular flexibility index (Phi) is 4.89. The maximum absolute atomic E-state index is 12.1. The summed E-state index contributed by atoms with van der Waals surface area (Å²) < 4.78 is 5.51. The molecule has 0 aromatic heterocycles. The van der Waals surface area contributed by atoms with E-state index in [2.05, 4.69) is 0 Å². The van der Waals surface area contributed by atoms with Gasteiger partial charge in [0, 0.05) is 11.1 Å². The minimum Gasteiger partial charge on any atom is -0.493 e. The highest BCUT2D eigenvalue weighted by atomic mass is 16.5. The van der Waals surface area contributed by atoms with Crippen LogP contribution in [-0.4, -0.2) is 12.4 Å². The standard InChI is InChI=1S/C18H15NO2/c1-2-21-18-6-4-3-5-16(18)11-12-17(20)15-9-7-14(13-19)8-10-15/h3-12H,2H2,1H3. The normalized spacial score (nSPS) is 10.3. The Bertz CT molecular complexity index is 694. The lowest BCUT2D eigenvalue weighted by atomic mass is 10.1. The van der Waals surface area contributed by atoms with E-state index in [1.54, 1.807) is 30.3 Å². The average molecular weight is 277 g/mol. The number of allylic oxidation sites excluding steroid dienone is 1. The summed E-state index contributed by atoms with van der Waals surface area (Å²) in [5.74, 6) is 0.648. The molecule has 2 rings (SSSR count). The molecule has 21 heavy (non-hydrogen) atoms. The first kappa shape index (κ1) is 14.5. The molecule has 2 aromatic carbocycles. The molecule has 0 aliphatic heterocycles. The third kappa shape index (κ3) is 3.80. The number of nitriles is 1. The molecule has 0 radical (unpaired) electrons. The van der Waals surface area contributed by atoms with E-state index in [1.165, 1.54) is 6.08 Å². The highest BCUT2D eigenvalue weighted by molar-refractivity contribution is 6.07. The largest absolute Gasteiger partial charge is 0.493 e. The van der Waals surface area contributed by atoms with E-state index in [9.17, 15) is 4.79 Å². The molecule has 0 bridgehead atoms. The topological polar surface area (TPSA) is 50.1 Å². The molecule has 2 aromatic rings. The summed E-state index contributed by atoms with van der Waals surface area (Å²) in [4.78, 5) is 12.1. The van der Waals surface area contributed by atoms with Crippen LogP contribution in [0.15, 0.2) is 54.6 Å². The van der Waals surface area contributed by atoms with Crippen molar-refractivity contribution in [3.05, 3.63) is 71.3 Å². The first-order chi connectivity index (χ1) is 10.2. The number of ether oxygens (including phenoxy) is 1. The van der Waals surface area contributed by atoms with Crippen LogP contribution in [-0.2, 0) is 0 Å². The highest BCUT2D eigenvalue weighted by Gasteiger charge is 2.03. The Hall–Kier alpha value is -2.86. The van der Waals surface area contributed by atoms with Crippen molar-refractivity contribution < 1.29 is 9.53 Å². The van der Waals surface area contributed by atoms with Crippen LogP contribution < -0.4 is 4.74 Å². The lowest BCUT2D eigenvalue weighted by molar-refractivity contribution is 0.104. The first-order valence-corrected chi connectivity index (χ1v) is 6.69. The van der Waals surface area contributed by atoms with Gasteiger partial charge in [-0.15, -0.1) is 0 Å². The Morgan fingerprint density at radius 1 is 1.19 bits per heavy atom. The van der Waals surface area contributed by atoms with E-state index in [4.69, 9.17) is 10.00 Å². The molecule has 104 valence electrons. The zero-order valence-electron chi connectivity index (χ0n) is 11.7. The van der Waals surface area contributed by atoms with E-state index in [-0.39, 0.29) is 5.78 Å². The van der Waals surface area contributed by atoms with Crippen LogP contribution in [0.5, 0.6) is 5.75 Å². The summed E-state index contributed by atoms with van der Waals surface area (Å²) in [5.41, 5.74) is 1.96. The van der Waals surface area contributed by atoms with E-state index in [0.29, 0.717) is 17.7 Å². The van der Waals surface area contributed by atoms with Crippen molar-refractivity contribution in [2.45, 2.75) is 6.92 Å². The van der Waals surface area contributed by atoms with E-state index in [0.717, 1.165) is 11.3 Å². The summed E-state index contributed by atoms with van der Waals surface area (Å²) in [6.45, 7) is 2.50. The van der Waals surface area contributed by atoms with Gasteiger partial charge in [-0.05, 0) is 49.4 Å². The van der Waals surface area contributed by atoms with E-state index < -0.39 is 0 Å². The van der Waals surface area contributed by atoms with Gasteiger partial charge in [0.05, 0.1) is 18.2 Å². The number of para-hydroxylation sites is 1. The molecule has 0 unspecified atom stereocenters. The van der Waals surface area contributed by atoms with Gasteiger partial charge in [-0.1, -0.05) is 18.2 Å². The third-order valence-corrected chi connectivity index (χ3v) is 2.93. The zero-order chi connectivity index (χ0) is 15.1. The summed E-state index contributed by atoms with van der Waals surface area (Å²) >= 11 is 0. The molecule has 0 N–H and O–H groups in total. The molecule has 0 saturated heterocycles. The number of carbonyl (C=O) groups excluding carboxylic acids is 1. The zero-order valence-corrected chi connectivity index (χ0v) is 11.7. The molecule has 0 atom stereocenters. The molecule has 0 amide bonds. The fraction of sp³-hybridized carbons (Fsp3) is 0.111. The molecule has 0 saturated carbocycles. The van der Waals surface area contributed by atoms with Gasteiger partial charge in [0.2, 0.25) is 0 Å². The van der Waals surface area contributed by atoms with Crippen molar-refractivity contribution in [3.8, 4) is 11.8 Å². The monoisotopic (exact) mass is 277 g/mol. The second-order valence-corrected chi connectivity index (χ2v) is 4.36. The summed E-state index contributed by atoms with van der Waals surface area (Å²) in [7, 11) is 0. The van der Waals surface area contributed by atoms with E-state index in [1.807, 2.05) is 37.3 Å². The Labute approximate surface area is 124 Å². The molecule has 3 heteroatoms. The number of nitrogens with zero attached hydrogens (tertiary/aromatic N) is 1. The average Bonchev–Trinajstić information content (AvgIpc) is 2.54. The van der Waals surface area contributed by atoms with Crippen LogP contribution in [0.4, 0.5) is 0 Å². The second-order valence-electron chi connectivity index (χ2n) is 4.36. The van der Waals surface area contributed by atoms with Crippen LogP contribution in [0.25, 0.3) is 6.08 Å². The molecule has 0 aliphatic rings. The maximum Gasteiger partial charge on any atom is 0.185 e. The van der Waals surface area contributed by atoms with Crippen molar-refractivity contribution >= 4 is 11.9 Å². The number of rotatable bonds is 5. The van der Waals surface area contributed by atoms with Gasteiger partial charge in [-0.3, -0.25) is 4.79 Å². The fourth-order valence-corrected chi connectivity index (χ4v) is 1.88. The number of hydrogen-bond acceptors (Lipinski definition) is 3. The quantitative estimate of drug-likeness (QED) is 0.616. The van der Waals surface area contributed by atoms with Crippen LogP contribution in [0.3, 0.4) is 0 Å². The van der Waals surface area contributed by atoms with Crippen LogP contribution in [0.1, 0.15) is 28.4 Å². The van der Waals surface area contributed by atoms with Gasteiger partial charge in [0.1, 0.15) is 5.75 Å². The molecular formula is C18H15NO2. The lowest BCUT2D eigenvalue weighted by Crippen LogP contribution is -1.95. The number of hydrogen-bond donors (Lipinski definition) is 0. The van der Waals surface area contributed by atoms with Crippen molar-refractivity contribution in [3.63, 3.8) is 0 Å². The number of carbonyl (C=O) groups is 1. The van der Waals surface area contributed by atoms with Gasteiger partial charge < -0.3 is 4.74 Å². The highest BCUT2D eigenvalue weighted by Crippen LogP contribution is 2.19. The molecule has 0 heterocycles. The second kappa shape index (κ2) is 7.06. The third-order valence-electron chi connectivity index (χ3n) is 2.93. The molecular weight excluding hydrogens is 262 g/mol. The lowest BCUT2D eigenvalue weighted by Gasteiger charge is -2.06. The number of ketones is 1. The van der Waals surface area contributed by atoms with Gasteiger partial charge in [-0.25, -0.2) is 0 Å². The van der Waals surface area contributed by atoms with Gasteiger partial charge in [0.15, 0.2) is 5.78 Å². The Morgan fingerprint density at radius 2 is 1.90 bits per heavy atom. The number of benzene rings is 2. The minimum absolute atomic E-state index is 0.106. The van der Waals surface area contributed by atoms with Crippen molar-refractivity contribution in [2.75, 3.05) is 6.61 Å².